The van der Waals surface area contributed by atoms with E-state index in [4.69, 9.17) is 10.5 Å². The summed E-state index contributed by atoms with van der Waals surface area (Å²) < 4.78 is 5.34. The summed E-state index contributed by atoms with van der Waals surface area (Å²) in [5.41, 5.74) is 7.00. The van der Waals surface area contributed by atoms with Crippen LogP contribution in [-0.2, 0) is 0 Å². The van der Waals surface area contributed by atoms with Crippen molar-refractivity contribution in [3.05, 3.63) is 30.1 Å². The van der Waals surface area contributed by atoms with Crippen LogP contribution >= 0.6 is 0 Å². The van der Waals surface area contributed by atoms with Crippen LogP contribution in [0, 0.1) is 0 Å². The zero-order valence-electron chi connectivity index (χ0n) is 11.9. The van der Waals surface area contributed by atoms with Gasteiger partial charge in [0.2, 0.25) is 0 Å². The standard InChI is InChI=1S/C15H18N4O2/c1-21-12-3-2-11(16)13-10(12)4-5-18-14(13)15(20)19-8-6-17-7-9-19/h2-5,17H,6-9,16H2,1H3. The molecule has 0 saturated carbocycles. The minimum atomic E-state index is -0.0814. The molecule has 1 aromatic heterocycles. The molecule has 0 aliphatic carbocycles. The number of nitrogens with zero attached hydrogens (tertiary/aromatic N) is 2. The summed E-state index contributed by atoms with van der Waals surface area (Å²) in [5, 5.41) is 4.71. The Morgan fingerprint density at radius 2 is 2.10 bits per heavy atom. The van der Waals surface area contributed by atoms with Crippen molar-refractivity contribution in [1.29, 1.82) is 0 Å². The molecule has 110 valence electrons. The molecule has 1 aliphatic rings. The van der Waals surface area contributed by atoms with E-state index in [9.17, 15) is 4.79 Å². The van der Waals surface area contributed by atoms with Crippen LogP contribution in [0.5, 0.6) is 5.75 Å². The van der Waals surface area contributed by atoms with E-state index in [1.54, 1.807) is 30.3 Å². The summed E-state index contributed by atoms with van der Waals surface area (Å²) in [5.74, 6) is 0.609. The fourth-order valence-electron chi connectivity index (χ4n) is 2.66. The van der Waals surface area contributed by atoms with Crippen LogP contribution in [0.2, 0.25) is 0 Å². The van der Waals surface area contributed by atoms with Crippen LogP contribution < -0.4 is 15.8 Å². The van der Waals surface area contributed by atoms with Crippen molar-refractivity contribution in [3.8, 4) is 5.75 Å². The maximum Gasteiger partial charge on any atom is 0.273 e. The normalized spacial score (nSPS) is 15.2. The van der Waals surface area contributed by atoms with E-state index >= 15 is 0 Å². The SMILES string of the molecule is COc1ccc(N)c2c(C(=O)N3CCNCC3)nccc12. The molecule has 1 fully saturated rings. The van der Waals surface area contributed by atoms with Gasteiger partial charge in [-0.3, -0.25) is 9.78 Å². The number of anilines is 1. The van der Waals surface area contributed by atoms with Crippen LogP contribution in [0.3, 0.4) is 0 Å². The molecule has 1 aromatic carbocycles. The molecule has 0 spiro atoms. The van der Waals surface area contributed by atoms with Gasteiger partial charge in [0.25, 0.3) is 5.91 Å². The number of carbonyl (C=O) groups excluding carboxylic acids is 1. The van der Waals surface area contributed by atoms with E-state index in [0.29, 0.717) is 35.6 Å². The number of ether oxygens (including phenoxy) is 1. The third-order valence-electron chi connectivity index (χ3n) is 3.75. The van der Waals surface area contributed by atoms with Gasteiger partial charge in [0.1, 0.15) is 11.4 Å². The number of hydrogen-bond acceptors (Lipinski definition) is 5. The first-order valence-corrected chi connectivity index (χ1v) is 6.93. The molecule has 21 heavy (non-hydrogen) atoms. The molecule has 2 aromatic rings. The number of aromatic nitrogens is 1. The quantitative estimate of drug-likeness (QED) is 0.801. The predicted octanol–water partition coefficient (Wildman–Crippen LogP) is 0.871. The Bertz CT molecular complexity index is 681. The van der Waals surface area contributed by atoms with Crippen LogP contribution in [-0.4, -0.2) is 49.1 Å². The molecule has 1 aliphatic heterocycles. The van der Waals surface area contributed by atoms with E-state index < -0.39 is 0 Å². The number of nitrogens with two attached hydrogens (primary N) is 1. The lowest BCUT2D eigenvalue weighted by molar-refractivity contribution is 0.0732. The maximum absolute atomic E-state index is 12.7. The van der Waals surface area contributed by atoms with Gasteiger partial charge in [0, 0.05) is 48.8 Å². The van der Waals surface area contributed by atoms with Gasteiger partial charge in [-0.25, -0.2) is 0 Å². The lowest BCUT2D eigenvalue weighted by atomic mass is 10.1. The van der Waals surface area contributed by atoms with E-state index in [-0.39, 0.29) is 5.91 Å². The molecule has 3 N–H and O–H groups in total. The predicted molar refractivity (Wildman–Crippen MR) is 81.5 cm³/mol. The number of piperazine rings is 1. The molecule has 6 nitrogen and oxygen atoms in total. The number of pyridine rings is 1. The summed E-state index contributed by atoms with van der Waals surface area (Å²) >= 11 is 0. The third kappa shape index (κ3) is 2.38. The zero-order chi connectivity index (χ0) is 14.8. The van der Waals surface area contributed by atoms with Gasteiger partial charge >= 0.3 is 0 Å². The lowest BCUT2D eigenvalue weighted by Crippen LogP contribution is -2.46. The Hall–Kier alpha value is -2.34. The first-order chi connectivity index (χ1) is 10.2. The van der Waals surface area contributed by atoms with Crippen molar-refractivity contribution in [3.63, 3.8) is 0 Å². The molecule has 3 rings (SSSR count). The number of nitrogen functional groups attached to an aromatic ring is 1. The Morgan fingerprint density at radius 1 is 1.33 bits per heavy atom. The van der Waals surface area contributed by atoms with Gasteiger partial charge in [-0.05, 0) is 18.2 Å². The van der Waals surface area contributed by atoms with Crippen LogP contribution in [0.15, 0.2) is 24.4 Å². The molecule has 0 unspecified atom stereocenters. The fourth-order valence-corrected chi connectivity index (χ4v) is 2.66. The van der Waals surface area contributed by atoms with Gasteiger partial charge in [-0.2, -0.15) is 0 Å². The number of carbonyl (C=O) groups is 1. The molecule has 2 heterocycles. The van der Waals surface area contributed by atoms with Crippen molar-refractivity contribution >= 4 is 22.4 Å². The molecule has 1 saturated heterocycles. The second-order valence-corrected chi connectivity index (χ2v) is 4.98. The number of benzene rings is 1. The third-order valence-corrected chi connectivity index (χ3v) is 3.75. The highest BCUT2D eigenvalue weighted by Gasteiger charge is 2.22. The summed E-state index contributed by atoms with van der Waals surface area (Å²) in [7, 11) is 1.60. The zero-order valence-corrected chi connectivity index (χ0v) is 11.9. The van der Waals surface area contributed by atoms with E-state index in [2.05, 4.69) is 10.3 Å². The van der Waals surface area contributed by atoms with E-state index in [0.717, 1.165) is 18.5 Å². The first kappa shape index (κ1) is 13.6. The molecule has 1 amide bonds. The molecular formula is C15H18N4O2. The van der Waals surface area contributed by atoms with E-state index in [1.807, 2.05) is 6.07 Å². The summed E-state index contributed by atoms with van der Waals surface area (Å²) in [6, 6.07) is 5.37. The molecule has 0 bridgehead atoms. The highest BCUT2D eigenvalue weighted by Crippen LogP contribution is 2.32. The number of hydrogen-bond donors (Lipinski definition) is 2. The minimum Gasteiger partial charge on any atom is -0.496 e. The fraction of sp³-hybridized carbons (Fsp3) is 0.333. The molecule has 0 radical (unpaired) electrons. The summed E-state index contributed by atoms with van der Waals surface area (Å²) in [6.07, 6.45) is 1.62. The van der Waals surface area contributed by atoms with E-state index in [1.165, 1.54) is 0 Å². The average molecular weight is 286 g/mol. The Balaban J connectivity index is 2.12. The smallest absolute Gasteiger partial charge is 0.273 e. The summed E-state index contributed by atoms with van der Waals surface area (Å²) in [4.78, 5) is 18.8. The van der Waals surface area contributed by atoms with Crippen LogP contribution in [0.25, 0.3) is 10.8 Å². The van der Waals surface area contributed by atoms with Gasteiger partial charge in [0.05, 0.1) is 7.11 Å². The number of amides is 1. The Morgan fingerprint density at radius 3 is 2.81 bits per heavy atom. The van der Waals surface area contributed by atoms with Gasteiger partial charge in [-0.15, -0.1) is 0 Å². The number of fused-ring (bicyclic) bond motifs is 1. The largest absolute Gasteiger partial charge is 0.496 e. The summed E-state index contributed by atoms with van der Waals surface area (Å²) in [6.45, 7) is 2.96. The van der Waals surface area contributed by atoms with Crippen molar-refractivity contribution in [1.82, 2.24) is 15.2 Å². The number of rotatable bonds is 2. The second-order valence-electron chi connectivity index (χ2n) is 4.98. The Kier molecular flexibility index (Phi) is 3.62. The molecule has 6 heteroatoms. The van der Waals surface area contributed by atoms with Crippen molar-refractivity contribution < 1.29 is 9.53 Å². The van der Waals surface area contributed by atoms with Crippen molar-refractivity contribution in [2.75, 3.05) is 39.0 Å². The van der Waals surface area contributed by atoms with Crippen molar-refractivity contribution in [2.45, 2.75) is 0 Å². The number of methoxy groups -OCH3 is 1. The monoisotopic (exact) mass is 286 g/mol. The van der Waals surface area contributed by atoms with Gasteiger partial charge in [0.15, 0.2) is 0 Å². The second kappa shape index (κ2) is 5.57. The molecular weight excluding hydrogens is 268 g/mol. The van der Waals surface area contributed by atoms with Crippen LogP contribution in [0.4, 0.5) is 5.69 Å². The highest BCUT2D eigenvalue weighted by molar-refractivity contribution is 6.11. The molecule has 0 atom stereocenters. The first-order valence-electron chi connectivity index (χ1n) is 6.93. The van der Waals surface area contributed by atoms with Crippen LogP contribution in [0.1, 0.15) is 10.5 Å². The van der Waals surface area contributed by atoms with Gasteiger partial charge in [-0.1, -0.05) is 0 Å². The highest BCUT2D eigenvalue weighted by atomic mass is 16.5. The lowest BCUT2D eigenvalue weighted by Gasteiger charge is -2.27. The minimum absolute atomic E-state index is 0.0814. The number of nitrogens with one attached hydrogen (secondary N) is 1. The topological polar surface area (TPSA) is 80.5 Å². The Labute approximate surface area is 122 Å². The maximum atomic E-state index is 12.7. The van der Waals surface area contributed by atoms with Crippen molar-refractivity contribution in [2.24, 2.45) is 0 Å². The van der Waals surface area contributed by atoms with Gasteiger partial charge < -0.3 is 20.7 Å². The average Bonchev–Trinajstić information content (AvgIpc) is 2.55.